The van der Waals surface area contributed by atoms with Crippen LogP contribution in [-0.4, -0.2) is 32.1 Å². The maximum Gasteiger partial charge on any atom is 0.414 e. The van der Waals surface area contributed by atoms with Crippen molar-refractivity contribution in [3.8, 4) is 5.75 Å². The third-order valence-electron chi connectivity index (χ3n) is 3.55. The van der Waals surface area contributed by atoms with Crippen LogP contribution < -0.4 is 9.64 Å². The van der Waals surface area contributed by atoms with Gasteiger partial charge in [0.25, 0.3) is 0 Å². The monoisotopic (exact) mass is 326 g/mol. The molecule has 0 fully saturated rings. The summed E-state index contributed by atoms with van der Waals surface area (Å²) in [6.07, 6.45) is 0.697. The number of ether oxygens (including phenoxy) is 2. The molecule has 0 radical (unpaired) electrons. The van der Waals surface area contributed by atoms with Crippen molar-refractivity contribution in [2.24, 2.45) is 5.16 Å². The average molecular weight is 326 g/mol. The minimum absolute atomic E-state index is 0.218. The lowest BCUT2D eigenvalue weighted by Crippen LogP contribution is -2.44. The van der Waals surface area contributed by atoms with Gasteiger partial charge in [0, 0.05) is 0 Å². The lowest BCUT2D eigenvalue weighted by atomic mass is 10.2. The van der Waals surface area contributed by atoms with Crippen LogP contribution in [0.3, 0.4) is 0 Å². The first kappa shape index (κ1) is 15.9. The Morgan fingerprint density at radius 3 is 2.79 bits per heavy atom. The predicted molar refractivity (Wildman–Crippen MR) is 90.3 cm³/mol. The van der Waals surface area contributed by atoms with Gasteiger partial charge in [-0.2, -0.15) is 0 Å². The number of para-hydroxylation sites is 2. The van der Waals surface area contributed by atoms with E-state index < -0.39 is 12.2 Å². The summed E-state index contributed by atoms with van der Waals surface area (Å²) in [6.45, 7) is 0.521. The molecule has 0 bridgehead atoms. The Hall–Kier alpha value is -3.02. The van der Waals surface area contributed by atoms with Crippen LogP contribution in [0, 0.1) is 0 Å². The number of hydrogen-bond donors (Lipinski definition) is 0. The Labute approximate surface area is 140 Å². The summed E-state index contributed by atoms with van der Waals surface area (Å²) < 4.78 is 11.2. The number of fused-ring (bicyclic) bond motifs is 1. The Balaban J connectivity index is 1.74. The quantitative estimate of drug-likeness (QED) is 0.639. The molecule has 6 nitrogen and oxygen atoms in total. The van der Waals surface area contributed by atoms with Crippen molar-refractivity contribution in [2.45, 2.75) is 12.7 Å². The fourth-order valence-electron chi connectivity index (χ4n) is 2.43. The normalized spacial score (nSPS) is 16.4. The van der Waals surface area contributed by atoms with E-state index in [0.717, 1.165) is 5.56 Å². The summed E-state index contributed by atoms with van der Waals surface area (Å²) in [7, 11) is 1.46. The molecule has 24 heavy (non-hydrogen) atoms. The van der Waals surface area contributed by atoms with E-state index in [-0.39, 0.29) is 6.61 Å². The minimum Gasteiger partial charge on any atom is -0.481 e. The van der Waals surface area contributed by atoms with E-state index >= 15 is 0 Å². The molecule has 3 rings (SSSR count). The molecular weight excluding hydrogens is 308 g/mol. The number of hydrogen-bond acceptors (Lipinski definition) is 5. The van der Waals surface area contributed by atoms with Crippen LogP contribution in [0.1, 0.15) is 5.56 Å². The van der Waals surface area contributed by atoms with Gasteiger partial charge < -0.3 is 14.3 Å². The van der Waals surface area contributed by atoms with Gasteiger partial charge in [0.1, 0.15) is 19.5 Å². The van der Waals surface area contributed by atoms with E-state index in [1.54, 1.807) is 11.0 Å². The van der Waals surface area contributed by atoms with Gasteiger partial charge >= 0.3 is 6.09 Å². The van der Waals surface area contributed by atoms with E-state index in [1.165, 1.54) is 13.3 Å². The highest BCUT2D eigenvalue weighted by Crippen LogP contribution is 2.33. The SMILES string of the molecule is CON=CC1CN(C(=O)OCc2ccccc2)c2ccccc2O1. The highest BCUT2D eigenvalue weighted by Gasteiger charge is 2.30. The molecule has 0 saturated carbocycles. The fourth-order valence-corrected chi connectivity index (χ4v) is 2.43. The van der Waals surface area contributed by atoms with Crippen LogP contribution in [0.4, 0.5) is 10.5 Å². The van der Waals surface area contributed by atoms with Crippen molar-refractivity contribution in [3.63, 3.8) is 0 Å². The zero-order valence-corrected chi connectivity index (χ0v) is 13.3. The highest BCUT2D eigenvalue weighted by atomic mass is 16.6. The molecule has 6 heteroatoms. The Morgan fingerprint density at radius 2 is 2.00 bits per heavy atom. The van der Waals surface area contributed by atoms with Gasteiger partial charge in [-0.15, -0.1) is 0 Å². The van der Waals surface area contributed by atoms with Gasteiger partial charge in [-0.1, -0.05) is 47.6 Å². The van der Waals surface area contributed by atoms with E-state index in [9.17, 15) is 4.79 Å². The van der Waals surface area contributed by atoms with Gasteiger partial charge in [-0.25, -0.2) is 4.79 Å². The average Bonchev–Trinajstić information content (AvgIpc) is 2.64. The molecule has 1 aliphatic heterocycles. The van der Waals surface area contributed by atoms with E-state index in [4.69, 9.17) is 9.47 Å². The summed E-state index contributed by atoms with van der Waals surface area (Å²) in [4.78, 5) is 18.8. The number of anilines is 1. The minimum atomic E-state index is -0.426. The molecule has 0 aromatic heterocycles. The van der Waals surface area contributed by atoms with Crippen LogP contribution in [0.2, 0.25) is 0 Å². The number of amides is 1. The molecule has 1 unspecified atom stereocenters. The third-order valence-corrected chi connectivity index (χ3v) is 3.55. The summed E-state index contributed by atoms with van der Waals surface area (Å²) in [5, 5.41) is 3.73. The lowest BCUT2D eigenvalue weighted by Gasteiger charge is -2.32. The number of carbonyl (C=O) groups excluding carboxylic acids is 1. The Kier molecular flexibility index (Phi) is 4.96. The summed E-state index contributed by atoms with van der Waals surface area (Å²) in [6, 6.07) is 16.9. The molecule has 0 aliphatic carbocycles. The number of rotatable bonds is 4. The van der Waals surface area contributed by atoms with Crippen LogP contribution in [0.15, 0.2) is 59.8 Å². The number of oxime groups is 1. The van der Waals surface area contributed by atoms with Crippen molar-refractivity contribution in [2.75, 3.05) is 18.6 Å². The molecule has 0 N–H and O–H groups in total. The van der Waals surface area contributed by atoms with Crippen LogP contribution >= 0.6 is 0 Å². The standard InChI is InChI=1S/C18H18N2O4/c1-22-19-11-15-12-20(16-9-5-6-10-17(16)24-15)18(21)23-13-14-7-3-2-4-8-14/h2-11,15H,12-13H2,1H3. The number of benzene rings is 2. The first-order valence-electron chi connectivity index (χ1n) is 7.58. The van der Waals surface area contributed by atoms with Crippen LogP contribution in [0.5, 0.6) is 5.75 Å². The molecule has 124 valence electrons. The van der Waals surface area contributed by atoms with E-state index in [1.807, 2.05) is 48.5 Å². The van der Waals surface area contributed by atoms with Gasteiger partial charge in [0.05, 0.1) is 18.4 Å². The first-order chi connectivity index (χ1) is 11.8. The van der Waals surface area contributed by atoms with Crippen molar-refractivity contribution in [1.82, 2.24) is 0 Å². The molecule has 0 saturated heterocycles. The number of nitrogens with zero attached hydrogens (tertiary/aromatic N) is 2. The van der Waals surface area contributed by atoms with E-state index in [2.05, 4.69) is 9.99 Å². The first-order valence-corrected chi connectivity index (χ1v) is 7.58. The predicted octanol–water partition coefficient (Wildman–Crippen LogP) is 3.22. The Bertz CT molecular complexity index is 718. The van der Waals surface area contributed by atoms with Crippen LogP contribution in [-0.2, 0) is 16.2 Å². The fraction of sp³-hybridized carbons (Fsp3) is 0.222. The van der Waals surface area contributed by atoms with Crippen molar-refractivity contribution >= 4 is 18.0 Å². The highest BCUT2D eigenvalue weighted by molar-refractivity contribution is 5.91. The molecule has 2 aromatic rings. The third kappa shape index (κ3) is 3.65. The zero-order valence-electron chi connectivity index (χ0n) is 13.3. The summed E-state index contributed by atoms with van der Waals surface area (Å²) >= 11 is 0. The van der Waals surface area contributed by atoms with Crippen molar-refractivity contribution in [1.29, 1.82) is 0 Å². The molecule has 1 heterocycles. The topological polar surface area (TPSA) is 60.4 Å². The van der Waals surface area contributed by atoms with Crippen molar-refractivity contribution in [3.05, 3.63) is 60.2 Å². The summed E-state index contributed by atoms with van der Waals surface area (Å²) in [5.74, 6) is 0.605. The smallest absolute Gasteiger partial charge is 0.414 e. The molecule has 1 aliphatic rings. The molecule has 2 aromatic carbocycles. The Morgan fingerprint density at radius 1 is 1.25 bits per heavy atom. The van der Waals surface area contributed by atoms with Crippen LogP contribution in [0.25, 0.3) is 0 Å². The second-order valence-corrected chi connectivity index (χ2v) is 5.21. The molecule has 1 amide bonds. The van der Waals surface area contributed by atoms with Gasteiger partial charge in [-0.05, 0) is 17.7 Å². The van der Waals surface area contributed by atoms with Crippen molar-refractivity contribution < 1.29 is 19.1 Å². The number of carbonyl (C=O) groups is 1. The molecule has 1 atom stereocenters. The maximum absolute atomic E-state index is 12.5. The largest absolute Gasteiger partial charge is 0.481 e. The van der Waals surface area contributed by atoms with Gasteiger partial charge in [0.15, 0.2) is 6.10 Å². The van der Waals surface area contributed by atoms with E-state index in [0.29, 0.717) is 18.0 Å². The second-order valence-electron chi connectivity index (χ2n) is 5.21. The molecule has 0 spiro atoms. The van der Waals surface area contributed by atoms with Gasteiger partial charge in [-0.3, -0.25) is 4.90 Å². The summed E-state index contributed by atoms with van der Waals surface area (Å²) in [5.41, 5.74) is 1.61. The zero-order chi connectivity index (χ0) is 16.8. The second kappa shape index (κ2) is 7.50. The van der Waals surface area contributed by atoms with Gasteiger partial charge in [0.2, 0.25) is 0 Å². The molecular formula is C18H18N2O4. The lowest BCUT2D eigenvalue weighted by molar-refractivity contribution is 0.141. The maximum atomic E-state index is 12.5.